The highest BCUT2D eigenvalue weighted by molar-refractivity contribution is 5.85. The quantitative estimate of drug-likeness (QED) is 0.628. The Balaban J connectivity index is 0. The molecule has 14 heavy (non-hydrogen) atoms. The summed E-state index contributed by atoms with van der Waals surface area (Å²) in [7, 11) is 2.11. The molecular weight excluding hydrogens is 204 g/mol. The van der Waals surface area contributed by atoms with Gasteiger partial charge in [0.2, 0.25) is 0 Å². The first-order valence-corrected chi connectivity index (χ1v) is 4.60. The Kier molecular flexibility index (Phi) is 9.98. The van der Waals surface area contributed by atoms with Gasteiger partial charge in [0.05, 0.1) is 18.8 Å². The van der Waals surface area contributed by atoms with Crippen LogP contribution in [0.4, 0.5) is 0 Å². The summed E-state index contributed by atoms with van der Waals surface area (Å²) in [5, 5.41) is 0. The predicted octanol–water partition coefficient (Wildman–Crippen LogP) is 1.05. The maximum Gasteiger partial charge on any atom is 0.0810 e. The number of halogens is 1. The van der Waals surface area contributed by atoms with Crippen molar-refractivity contribution in [2.45, 2.75) is 26.4 Å². The van der Waals surface area contributed by atoms with E-state index >= 15 is 0 Å². The molecule has 88 valence electrons. The summed E-state index contributed by atoms with van der Waals surface area (Å²) in [6.45, 7) is 9.71. The zero-order valence-electron chi connectivity index (χ0n) is 9.58. The number of nitrogens with zero attached hydrogens (tertiary/aromatic N) is 1. The minimum Gasteiger partial charge on any atom is -0.379 e. The van der Waals surface area contributed by atoms with E-state index in [0.717, 1.165) is 26.3 Å². The second kappa shape index (κ2) is 8.44. The molecule has 1 fully saturated rings. The molecule has 0 saturated carbocycles. The number of likely N-dealkylation sites (N-methyl/N-ethyl adjacent to an activating group) is 1. The molecule has 1 saturated heterocycles. The third kappa shape index (κ3) is 12.1. The van der Waals surface area contributed by atoms with E-state index in [-0.39, 0.29) is 18.0 Å². The van der Waals surface area contributed by atoms with Crippen molar-refractivity contribution < 1.29 is 9.57 Å². The molecule has 0 amide bonds. The summed E-state index contributed by atoms with van der Waals surface area (Å²) >= 11 is 0. The average molecular weight is 227 g/mol. The van der Waals surface area contributed by atoms with Gasteiger partial charge >= 0.3 is 0 Å². The summed E-state index contributed by atoms with van der Waals surface area (Å²) in [4.78, 5) is 6.70. The fraction of sp³-hybridized carbons (Fsp3) is 1.00. The molecule has 0 aromatic carbocycles. The maximum atomic E-state index is 5.10. The van der Waals surface area contributed by atoms with Crippen LogP contribution in [0.5, 0.6) is 0 Å². The molecule has 1 rings (SSSR count). The van der Waals surface area contributed by atoms with E-state index in [4.69, 9.17) is 10.6 Å². The summed E-state index contributed by atoms with van der Waals surface area (Å²) in [6, 6.07) is 0. The van der Waals surface area contributed by atoms with Crippen LogP contribution in [0.2, 0.25) is 0 Å². The second-order valence-electron chi connectivity index (χ2n) is 4.15. The number of hydrogen-bond acceptors (Lipinski definition) is 4. The molecule has 5 heteroatoms. The molecule has 0 radical (unpaired) electrons. The first-order valence-electron chi connectivity index (χ1n) is 4.60. The summed E-state index contributed by atoms with van der Waals surface area (Å²) in [5.41, 5.74) is -0.181. The van der Waals surface area contributed by atoms with Gasteiger partial charge in [-0.15, -0.1) is 12.4 Å². The zero-order chi connectivity index (χ0) is 10.3. The van der Waals surface area contributed by atoms with Gasteiger partial charge in [-0.25, -0.2) is 5.90 Å². The number of hydrogen-bond donors (Lipinski definition) is 1. The Morgan fingerprint density at radius 2 is 1.57 bits per heavy atom. The monoisotopic (exact) mass is 226 g/mol. The van der Waals surface area contributed by atoms with Crippen LogP contribution in [0.15, 0.2) is 0 Å². The second-order valence-corrected chi connectivity index (χ2v) is 4.15. The van der Waals surface area contributed by atoms with Crippen LogP contribution in [-0.2, 0) is 9.57 Å². The largest absolute Gasteiger partial charge is 0.379 e. The van der Waals surface area contributed by atoms with Crippen LogP contribution < -0.4 is 5.90 Å². The van der Waals surface area contributed by atoms with Gasteiger partial charge in [-0.1, -0.05) is 0 Å². The minimum absolute atomic E-state index is 0. The van der Waals surface area contributed by atoms with Gasteiger partial charge < -0.3 is 9.64 Å². The van der Waals surface area contributed by atoms with Gasteiger partial charge in [0.15, 0.2) is 0 Å². The van der Waals surface area contributed by atoms with Crippen molar-refractivity contribution >= 4 is 12.4 Å². The number of morpholine rings is 1. The van der Waals surface area contributed by atoms with Crippen LogP contribution in [0.1, 0.15) is 20.8 Å². The standard InChI is InChI=1S/C5H11NO.C4H11NO.ClH/c1-6-2-4-7-5-3-6;1-4(2,3)6-5;/h2-5H2,1H3;5H2,1-3H3;1H. The lowest BCUT2D eigenvalue weighted by atomic mass is 10.2. The molecule has 0 spiro atoms. The van der Waals surface area contributed by atoms with E-state index in [1.807, 2.05) is 20.8 Å². The Hall–Kier alpha value is 0.130. The summed E-state index contributed by atoms with van der Waals surface area (Å²) in [6.07, 6.45) is 0. The van der Waals surface area contributed by atoms with Crippen molar-refractivity contribution in [3.05, 3.63) is 0 Å². The Morgan fingerprint density at radius 1 is 1.21 bits per heavy atom. The lowest BCUT2D eigenvalue weighted by molar-refractivity contribution is -0.00428. The van der Waals surface area contributed by atoms with Crippen molar-refractivity contribution in [2.24, 2.45) is 5.90 Å². The molecule has 2 N–H and O–H groups in total. The van der Waals surface area contributed by atoms with Gasteiger partial charge in [-0.2, -0.15) is 0 Å². The fourth-order valence-electron chi connectivity index (χ4n) is 0.655. The molecule has 0 bridgehead atoms. The molecule has 1 aliphatic rings. The lowest BCUT2D eigenvalue weighted by Gasteiger charge is -2.21. The van der Waals surface area contributed by atoms with Crippen LogP contribution in [0, 0.1) is 0 Å². The van der Waals surface area contributed by atoms with E-state index in [1.54, 1.807) is 0 Å². The Labute approximate surface area is 93.1 Å². The third-order valence-corrected chi connectivity index (χ3v) is 1.59. The fourth-order valence-corrected chi connectivity index (χ4v) is 0.655. The predicted molar refractivity (Wildman–Crippen MR) is 60.6 cm³/mol. The third-order valence-electron chi connectivity index (χ3n) is 1.59. The average Bonchev–Trinajstić information content (AvgIpc) is 2.06. The van der Waals surface area contributed by atoms with Crippen molar-refractivity contribution in [1.29, 1.82) is 0 Å². The molecule has 4 nitrogen and oxygen atoms in total. The van der Waals surface area contributed by atoms with Crippen LogP contribution >= 0.6 is 12.4 Å². The number of rotatable bonds is 0. The van der Waals surface area contributed by atoms with Crippen molar-refractivity contribution in [1.82, 2.24) is 4.90 Å². The van der Waals surface area contributed by atoms with Gasteiger partial charge in [0.25, 0.3) is 0 Å². The van der Waals surface area contributed by atoms with Crippen LogP contribution in [0.3, 0.4) is 0 Å². The van der Waals surface area contributed by atoms with Crippen molar-refractivity contribution in [3.63, 3.8) is 0 Å². The van der Waals surface area contributed by atoms with Gasteiger partial charge in [-0.05, 0) is 27.8 Å². The molecular formula is C9H23ClN2O2. The lowest BCUT2D eigenvalue weighted by Crippen LogP contribution is -2.32. The SMILES string of the molecule is CC(C)(C)ON.CN1CCOCC1.Cl. The van der Waals surface area contributed by atoms with Crippen molar-refractivity contribution in [2.75, 3.05) is 33.4 Å². The highest BCUT2D eigenvalue weighted by atomic mass is 35.5. The number of nitrogens with two attached hydrogens (primary N) is 1. The van der Waals surface area contributed by atoms with Crippen LogP contribution in [0.25, 0.3) is 0 Å². The summed E-state index contributed by atoms with van der Waals surface area (Å²) in [5.74, 6) is 4.81. The van der Waals surface area contributed by atoms with Crippen LogP contribution in [-0.4, -0.2) is 43.9 Å². The van der Waals surface area contributed by atoms with Crippen molar-refractivity contribution in [3.8, 4) is 0 Å². The molecule has 0 aromatic rings. The normalized spacial score (nSPS) is 17.8. The van der Waals surface area contributed by atoms with Gasteiger partial charge in [-0.3, -0.25) is 4.84 Å². The molecule has 0 unspecified atom stereocenters. The van der Waals surface area contributed by atoms with E-state index < -0.39 is 0 Å². The first kappa shape index (κ1) is 16.6. The molecule has 1 heterocycles. The minimum atomic E-state index is -0.181. The molecule has 0 aliphatic carbocycles. The molecule has 0 aromatic heterocycles. The first-order chi connectivity index (χ1) is 5.95. The zero-order valence-corrected chi connectivity index (χ0v) is 10.4. The Bertz CT molecular complexity index is 122. The molecule has 1 aliphatic heterocycles. The van der Waals surface area contributed by atoms with Gasteiger partial charge in [0, 0.05) is 13.1 Å². The van der Waals surface area contributed by atoms with E-state index in [2.05, 4.69) is 16.8 Å². The maximum absolute atomic E-state index is 5.10. The van der Waals surface area contributed by atoms with E-state index in [1.165, 1.54) is 0 Å². The number of ether oxygens (including phenoxy) is 1. The highest BCUT2D eigenvalue weighted by Crippen LogP contribution is 2.00. The van der Waals surface area contributed by atoms with E-state index in [0.29, 0.717) is 0 Å². The summed E-state index contributed by atoms with van der Waals surface area (Å²) < 4.78 is 5.10. The topological polar surface area (TPSA) is 47.7 Å². The Morgan fingerprint density at radius 3 is 1.71 bits per heavy atom. The van der Waals surface area contributed by atoms with Gasteiger partial charge in [0.1, 0.15) is 0 Å². The smallest absolute Gasteiger partial charge is 0.0810 e. The highest BCUT2D eigenvalue weighted by Gasteiger charge is 2.05. The molecule has 0 atom stereocenters. The van der Waals surface area contributed by atoms with E-state index in [9.17, 15) is 0 Å².